The highest BCUT2D eigenvalue weighted by atomic mass is 32.2. The molecule has 0 aliphatic rings. The minimum absolute atomic E-state index is 0.0702. The number of rotatable bonds is 10. The lowest BCUT2D eigenvalue weighted by atomic mass is 10.0. The summed E-state index contributed by atoms with van der Waals surface area (Å²) in [7, 11) is -5.75. The second-order valence-corrected chi connectivity index (χ2v) is 10.0. The Labute approximate surface area is 145 Å². The SMILES string of the molecule is CC(C)C(N)CCN(C)S(=O)(=O)CCNS(=O)(=O)c1ccccc1. The van der Waals surface area contributed by atoms with Crippen molar-refractivity contribution >= 4 is 20.0 Å². The zero-order valence-corrected chi connectivity index (χ0v) is 16.0. The molecule has 0 saturated carbocycles. The zero-order chi connectivity index (χ0) is 18.4. The van der Waals surface area contributed by atoms with Crippen molar-refractivity contribution in [1.29, 1.82) is 0 Å². The topological polar surface area (TPSA) is 110 Å². The minimum Gasteiger partial charge on any atom is -0.327 e. The molecular formula is C15H27N3O4S2. The fraction of sp³-hybridized carbons (Fsp3) is 0.600. The van der Waals surface area contributed by atoms with Crippen LogP contribution in [0.1, 0.15) is 20.3 Å². The average molecular weight is 378 g/mol. The molecule has 1 rings (SSSR count). The van der Waals surface area contributed by atoms with Crippen molar-refractivity contribution in [2.24, 2.45) is 11.7 Å². The first-order chi connectivity index (χ1) is 11.1. The Morgan fingerprint density at radius 3 is 2.25 bits per heavy atom. The van der Waals surface area contributed by atoms with Gasteiger partial charge in [-0.2, -0.15) is 0 Å². The molecule has 3 N–H and O–H groups in total. The molecule has 1 aromatic rings. The first-order valence-corrected chi connectivity index (χ1v) is 10.9. The van der Waals surface area contributed by atoms with Crippen molar-refractivity contribution in [2.75, 3.05) is 25.9 Å². The predicted molar refractivity (Wildman–Crippen MR) is 95.5 cm³/mol. The van der Waals surface area contributed by atoms with E-state index in [1.165, 1.54) is 23.5 Å². The molecule has 0 heterocycles. The lowest BCUT2D eigenvalue weighted by molar-refractivity contribution is 0.397. The van der Waals surface area contributed by atoms with E-state index in [1.807, 2.05) is 13.8 Å². The van der Waals surface area contributed by atoms with Gasteiger partial charge in [0.2, 0.25) is 20.0 Å². The number of sulfonamides is 2. The van der Waals surface area contributed by atoms with Crippen LogP contribution in [-0.4, -0.2) is 53.1 Å². The third-order valence-electron chi connectivity index (χ3n) is 3.81. The van der Waals surface area contributed by atoms with Gasteiger partial charge in [0.1, 0.15) is 0 Å². The molecule has 0 aliphatic carbocycles. The van der Waals surface area contributed by atoms with Crippen LogP contribution in [0.15, 0.2) is 35.2 Å². The summed E-state index contributed by atoms with van der Waals surface area (Å²) in [6.07, 6.45) is 0.559. The van der Waals surface area contributed by atoms with Gasteiger partial charge in [-0.25, -0.2) is 25.9 Å². The van der Waals surface area contributed by atoms with Crippen molar-refractivity contribution in [2.45, 2.75) is 31.2 Å². The lowest BCUT2D eigenvalue weighted by Crippen LogP contribution is -2.38. The maximum atomic E-state index is 12.2. The van der Waals surface area contributed by atoms with Crippen molar-refractivity contribution in [3.63, 3.8) is 0 Å². The third-order valence-corrected chi connectivity index (χ3v) is 7.14. The molecule has 1 aromatic carbocycles. The van der Waals surface area contributed by atoms with Crippen LogP contribution < -0.4 is 10.5 Å². The van der Waals surface area contributed by atoms with E-state index >= 15 is 0 Å². The van der Waals surface area contributed by atoms with Crippen LogP contribution in [0, 0.1) is 5.92 Å². The summed E-state index contributed by atoms with van der Waals surface area (Å²) in [5.41, 5.74) is 5.92. The highest BCUT2D eigenvalue weighted by molar-refractivity contribution is 7.90. The highest BCUT2D eigenvalue weighted by Crippen LogP contribution is 2.08. The van der Waals surface area contributed by atoms with Gasteiger partial charge >= 0.3 is 0 Å². The van der Waals surface area contributed by atoms with Crippen LogP contribution >= 0.6 is 0 Å². The summed E-state index contributed by atoms with van der Waals surface area (Å²) >= 11 is 0. The average Bonchev–Trinajstić information content (AvgIpc) is 2.52. The van der Waals surface area contributed by atoms with Crippen LogP contribution in [-0.2, 0) is 20.0 Å². The number of nitrogens with two attached hydrogens (primary N) is 1. The summed E-state index contributed by atoms with van der Waals surface area (Å²) in [4.78, 5) is 0.110. The molecule has 138 valence electrons. The van der Waals surface area contributed by atoms with E-state index in [-0.39, 0.29) is 29.2 Å². The van der Waals surface area contributed by atoms with Gasteiger partial charge in [0.15, 0.2) is 0 Å². The van der Waals surface area contributed by atoms with Gasteiger partial charge < -0.3 is 5.73 Å². The maximum absolute atomic E-state index is 12.2. The fourth-order valence-corrected chi connectivity index (χ4v) is 4.18. The minimum atomic E-state index is -3.70. The third kappa shape index (κ3) is 6.48. The van der Waals surface area contributed by atoms with Gasteiger partial charge in [0.05, 0.1) is 10.6 Å². The molecule has 0 radical (unpaired) electrons. The Hall–Kier alpha value is -1.00. The standard InChI is InChI=1S/C15H27N3O4S2/c1-13(2)15(16)9-11-18(3)23(19,20)12-10-17-24(21,22)14-7-5-4-6-8-14/h4-8,13,15,17H,9-12,16H2,1-3H3. The van der Waals surface area contributed by atoms with E-state index in [4.69, 9.17) is 5.73 Å². The Morgan fingerprint density at radius 2 is 1.71 bits per heavy atom. The summed E-state index contributed by atoms with van der Waals surface area (Å²) in [5, 5.41) is 0. The van der Waals surface area contributed by atoms with Crippen molar-refractivity contribution in [1.82, 2.24) is 9.03 Å². The maximum Gasteiger partial charge on any atom is 0.240 e. The van der Waals surface area contributed by atoms with E-state index in [0.717, 1.165) is 0 Å². The molecule has 7 nitrogen and oxygen atoms in total. The van der Waals surface area contributed by atoms with Crippen LogP contribution in [0.5, 0.6) is 0 Å². The fourth-order valence-electron chi connectivity index (χ4n) is 1.95. The van der Waals surface area contributed by atoms with Crippen LogP contribution in [0.25, 0.3) is 0 Å². The predicted octanol–water partition coefficient (Wildman–Crippen LogP) is 0.600. The first-order valence-electron chi connectivity index (χ1n) is 7.80. The molecule has 0 fully saturated rings. The molecule has 0 saturated heterocycles. The highest BCUT2D eigenvalue weighted by Gasteiger charge is 2.21. The number of hydrogen-bond donors (Lipinski definition) is 2. The van der Waals surface area contributed by atoms with E-state index in [1.54, 1.807) is 18.2 Å². The quantitative estimate of drug-likeness (QED) is 0.620. The van der Waals surface area contributed by atoms with Gasteiger partial charge in [-0.05, 0) is 24.5 Å². The van der Waals surface area contributed by atoms with Gasteiger partial charge in [-0.15, -0.1) is 0 Å². The molecule has 1 atom stereocenters. The van der Waals surface area contributed by atoms with Crippen molar-refractivity contribution in [3.05, 3.63) is 30.3 Å². The van der Waals surface area contributed by atoms with Crippen molar-refractivity contribution in [3.8, 4) is 0 Å². The van der Waals surface area contributed by atoms with E-state index < -0.39 is 20.0 Å². The molecule has 0 aromatic heterocycles. The Bertz CT molecular complexity index is 703. The summed E-state index contributed by atoms with van der Waals surface area (Å²) in [5.74, 6) is -0.0225. The van der Waals surface area contributed by atoms with Gasteiger partial charge in [-0.3, -0.25) is 0 Å². The zero-order valence-electron chi connectivity index (χ0n) is 14.3. The van der Waals surface area contributed by atoms with E-state index in [0.29, 0.717) is 13.0 Å². The molecule has 24 heavy (non-hydrogen) atoms. The van der Waals surface area contributed by atoms with Crippen molar-refractivity contribution < 1.29 is 16.8 Å². The van der Waals surface area contributed by atoms with Crippen LogP contribution in [0.2, 0.25) is 0 Å². The van der Waals surface area contributed by atoms with E-state index in [2.05, 4.69) is 4.72 Å². The van der Waals surface area contributed by atoms with Gasteiger partial charge in [0, 0.05) is 26.2 Å². The number of hydrogen-bond acceptors (Lipinski definition) is 5. The normalized spacial score (nSPS) is 14.2. The Morgan fingerprint density at radius 1 is 1.12 bits per heavy atom. The Kier molecular flexibility index (Phi) is 7.81. The first kappa shape index (κ1) is 21.0. The van der Waals surface area contributed by atoms with Gasteiger partial charge in [-0.1, -0.05) is 32.0 Å². The number of benzene rings is 1. The molecule has 0 amide bonds. The van der Waals surface area contributed by atoms with Gasteiger partial charge in [0.25, 0.3) is 0 Å². The molecule has 0 spiro atoms. The largest absolute Gasteiger partial charge is 0.327 e. The van der Waals surface area contributed by atoms with Crippen LogP contribution in [0.3, 0.4) is 0 Å². The smallest absolute Gasteiger partial charge is 0.240 e. The molecular weight excluding hydrogens is 350 g/mol. The molecule has 0 bridgehead atoms. The second-order valence-electron chi connectivity index (χ2n) is 6.04. The second kappa shape index (κ2) is 8.91. The Balaban J connectivity index is 2.53. The molecule has 9 heteroatoms. The summed E-state index contributed by atoms with van der Waals surface area (Å²) in [6, 6.07) is 7.76. The van der Waals surface area contributed by atoms with Crippen LogP contribution in [0.4, 0.5) is 0 Å². The lowest BCUT2D eigenvalue weighted by Gasteiger charge is -2.21. The number of nitrogens with one attached hydrogen (secondary N) is 1. The molecule has 0 aliphatic heterocycles. The molecule has 1 unspecified atom stereocenters. The van der Waals surface area contributed by atoms with E-state index in [9.17, 15) is 16.8 Å². The summed E-state index contributed by atoms with van der Waals surface area (Å²) < 4.78 is 52.0. The summed E-state index contributed by atoms with van der Waals surface area (Å²) in [6.45, 7) is 4.10. The monoisotopic (exact) mass is 377 g/mol. The number of nitrogens with zero attached hydrogens (tertiary/aromatic N) is 1.